The van der Waals surface area contributed by atoms with Gasteiger partial charge in [0.15, 0.2) is 0 Å². The quantitative estimate of drug-likeness (QED) is 0.698. The molecule has 0 radical (unpaired) electrons. The van der Waals surface area contributed by atoms with Gasteiger partial charge >= 0.3 is 0 Å². The van der Waals surface area contributed by atoms with Gasteiger partial charge in [-0.15, -0.1) is 0 Å². The standard InChI is InChI=1S/C11H11BrFN/c1-14(2)7-3-4-9-5-6-10(12)8-11(9)13/h5-6,8H,7H2,1-2H3. The van der Waals surface area contributed by atoms with E-state index in [-0.39, 0.29) is 5.82 Å². The molecule has 0 spiro atoms. The summed E-state index contributed by atoms with van der Waals surface area (Å²) in [6.45, 7) is 0.634. The van der Waals surface area contributed by atoms with E-state index in [0.29, 0.717) is 12.1 Å². The molecule has 0 aromatic heterocycles. The van der Waals surface area contributed by atoms with E-state index in [4.69, 9.17) is 0 Å². The summed E-state index contributed by atoms with van der Waals surface area (Å²) < 4.78 is 14.0. The van der Waals surface area contributed by atoms with E-state index >= 15 is 0 Å². The lowest BCUT2D eigenvalue weighted by Gasteiger charge is -2.01. The maximum absolute atomic E-state index is 13.2. The van der Waals surface area contributed by atoms with Crippen molar-refractivity contribution in [2.75, 3.05) is 20.6 Å². The second-order valence-corrected chi connectivity index (χ2v) is 4.08. The molecule has 0 bridgehead atoms. The van der Waals surface area contributed by atoms with Crippen molar-refractivity contribution in [2.45, 2.75) is 0 Å². The van der Waals surface area contributed by atoms with Gasteiger partial charge in [-0.3, -0.25) is 4.90 Å². The molecule has 1 rings (SSSR count). The molecule has 0 aliphatic carbocycles. The Hall–Kier alpha value is -0.850. The highest BCUT2D eigenvalue weighted by atomic mass is 79.9. The predicted octanol–water partition coefficient (Wildman–Crippen LogP) is 2.50. The first-order valence-corrected chi connectivity index (χ1v) is 4.97. The molecule has 0 amide bonds. The van der Waals surface area contributed by atoms with Crippen molar-refractivity contribution in [3.05, 3.63) is 34.1 Å². The van der Waals surface area contributed by atoms with Crippen molar-refractivity contribution in [2.24, 2.45) is 0 Å². The number of rotatable bonds is 1. The summed E-state index contributed by atoms with van der Waals surface area (Å²) in [4.78, 5) is 1.93. The molecule has 3 heteroatoms. The van der Waals surface area contributed by atoms with Crippen LogP contribution in [-0.2, 0) is 0 Å². The van der Waals surface area contributed by atoms with Gasteiger partial charge in [0.05, 0.1) is 12.1 Å². The lowest BCUT2D eigenvalue weighted by Crippen LogP contribution is -2.10. The van der Waals surface area contributed by atoms with Crippen LogP contribution in [0.15, 0.2) is 22.7 Å². The summed E-state index contributed by atoms with van der Waals surface area (Å²) in [5.74, 6) is 5.38. The van der Waals surface area contributed by atoms with Crippen LogP contribution in [0.25, 0.3) is 0 Å². The van der Waals surface area contributed by atoms with Crippen molar-refractivity contribution in [1.29, 1.82) is 0 Å². The Labute approximate surface area is 92.0 Å². The fourth-order valence-electron chi connectivity index (χ4n) is 0.884. The number of hydrogen-bond acceptors (Lipinski definition) is 1. The zero-order valence-electron chi connectivity index (χ0n) is 8.14. The summed E-state index contributed by atoms with van der Waals surface area (Å²) in [7, 11) is 3.85. The van der Waals surface area contributed by atoms with Crippen LogP contribution in [0.5, 0.6) is 0 Å². The number of benzene rings is 1. The fraction of sp³-hybridized carbons (Fsp3) is 0.273. The van der Waals surface area contributed by atoms with Crippen LogP contribution in [0.1, 0.15) is 5.56 Å². The molecule has 0 unspecified atom stereocenters. The minimum atomic E-state index is -0.286. The Bertz CT molecular complexity index is 377. The molecule has 0 aliphatic heterocycles. The summed E-state index contributed by atoms with van der Waals surface area (Å²) in [6.07, 6.45) is 0. The fourth-order valence-corrected chi connectivity index (χ4v) is 1.22. The molecule has 0 N–H and O–H groups in total. The second kappa shape index (κ2) is 5.14. The summed E-state index contributed by atoms with van der Waals surface area (Å²) in [6, 6.07) is 4.87. The monoisotopic (exact) mass is 255 g/mol. The number of halogens is 2. The van der Waals surface area contributed by atoms with Crippen molar-refractivity contribution >= 4 is 15.9 Å². The average Bonchev–Trinajstić information content (AvgIpc) is 2.08. The first-order chi connectivity index (χ1) is 6.59. The first-order valence-electron chi connectivity index (χ1n) is 4.18. The molecule has 0 saturated heterocycles. The molecule has 0 atom stereocenters. The van der Waals surface area contributed by atoms with E-state index in [0.717, 1.165) is 4.47 Å². The smallest absolute Gasteiger partial charge is 0.139 e. The van der Waals surface area contributed by atoms with Gasteiger partial charge in [0, 0.05) is 4.47 Å². The minimum absolute atomic E-state index is 0.286. The zero-order chi connectivity index (χ0) is 10.6. The van der Waals surface area contributed by atoms with E-state index < -0.39 is 0 Å². The third-order valence-corrected chi connectivity index (χ3v) is 2.04. The van der Waals surface area contributed by atoms with Crippen molar-refractivity contribution < 1.29 is 4.39 Å². The third kappa shape index (κ3) is 3.49. The lowest BCUT2D eigenvalue weighted by molar-refractivity contribution is 0.464. The lowest BCUT2D eigenvalue weighted by atomic mass is 10.2. The highest BCUT2D eigenvalue weighted by molar-refractivity contribution is 9.10. The van der Waals surface area contributed by atoms with Crippen LogP contribution < -0.4 is 0 Å². The second-order valence-electron chi connectivity index (χ2n) is 3.16. The SMILES string of the molecule is CN(C)CC#Cc1ccc(Br)cc1F. The van der Waals surface area contributed by atoms with Crippen molar-refractivity contribution in [3.8, 4) is 11.8 Å². The van der Waals surface area contributed by atoms with Gasteiger partial charge in [-0.25, -0.2) is 4.39 Å². The molecule has 14 heavy (non-hydrogen) atoms. The van der Waals surface area contributed by atoms with Gasteiger partial charge < -0.3 is 0 Å². The molecule has 0 heterocycles. The normalized spacial score (nSPS) is 9.79. The number of hydrogen-bond donors (Lipinski definition) is 0. The molecule has 0 saturated carbocycles. The van der Waals surface area contributed by atoms with Gasteiger partial charge in [0.25, 0.3) is 0 Å². The van der Waals surface area contributed by atoms with Gasteiger partial charge in [0.2, 0.25) is 0 Å². The molecular weight excluding hydrogens is 245 g/mol. The van der Waals surface area contributed by atoms with Crippen molar-refractivity contribution in [3.63, 3.8) is 0 Å². The van der Waals surface area contributed by atoms with Gasteiger partial charge in [0.1, 0.15) is 5.82 Å². The Morgan fingerprint density at radius 1 is 1.43 bits per heavy atom. The molecule has 1 nitrogen and oxygen atoms in total. The largest absolute Gasteiger partial charge is 0.299 e. The van der Waals surface area contributed by atoms with E-state index in [2.05, 4.69) is 27.8 Å². The molecule has 0 aliphatic rings. The third-order valence-electron chi connectivity index (χ3n) is 1.55. The van der Waals surface area contributed by atoms with Gasteiger partial charge in [-0.1, -0.05) is 27.8 Å². The zero-order valence-corrected chi connectivity index (χ0v) is 9.73. The maximum Gasteiger partial charge on any atom is 0.139 e. The Morgan fingerprint density at radius 3 is 2.71 bits per heavy atom. The van der Waals surface area contributed by atoms with E-state index in [1.54, 1.807) is 12.1 Å². The average molecular weight is 256 g/mol. The van der Waals surface area contributed by atoms with Crippen LogP contribution >= 0.6 is 15.9 Å². The maximum atomic E-state index is 13.2. The highest BCUT2D eigenvalue weighted by Gasteiger charge is 1.98. The van der Waals surface area contributed by atoms with E-state index in [1.807, 2.05) is 19.0 Å². The summed E-state index contributed by atoms with van der Waals surface area (Å²) in [5, 5.41) is 0. The molecule has 0 fully saturated rings. The van der Waals surface area contributed by atoms with Gasteiger partial charge in [-0.2, -0.15) is 0 Å². The topological polar surface area (TPSA) is 3.24 Å². The van der Waals surface area contributed by atoms with Gasteiger partial charge in [-0.05, 0) is 32.3 Å². The Morgan fingerprint density at radius 2 is 2.14 bits per heavy atom. The predicted molar refractivity (Wildman–Crippen MR) is 59.5 cm³/mol. The first kappa shape index (κ1) is 11.2. The summed E-state index contributed by atoms with van der Waals surface area (Å²) in [5.41, 5.74) is 0.440. The van der Waals surface area contributed by atoms with Crippen LogP contribution in [-0.4, -0.2) is 25.5 Å². The molecular formula is C11H11BrFN. The van der Waals surface area contributed by atoms with Crippen LogP contribution in [0, 0.1) is 17.7 Å². The summed E-state index contributed by atoms with van der Waals surface area (Å²) >= 11 is 3.19. The van der Waals surface area contributed by atoms with E-state index in [9.17, 15) is 4.39 Å². The molecule has 1 aromatic rings. The molecule has 74 valence electrons. The Kier molecular flexibility index (Phi) is 4.12. The Balaban J connectivity index is 2.80. The van der Waals surface area contributed by atoms with Crippen LogP contribution in [0.4, 0.5) is 4.39 Å². The highest BCUT2D eigenvalue weighted by Crippen LogP contribution is 2.14. The minimum Gasteiger partial charge on any atom is -0.299 e. The van der Waals surface area contributed by atoms with E-state index in [1.165, 1.54) is 6.07 Å². The van der Waals surface area contributed by atoms with Crippen molar-refractivity contribution in [1.82, 2.24) is 4.90 Å². The van der Waals surface area contributed by atoms with Crippen LogP contribution in [0.2, 0.25) is 0 Å². The van der Waals surface area contributed by atoms with Crippen LogP contribution in [0.3, 0.4) is 0 Å². The number of nitrogens with zero attached hydrogens (tertiary/aromatic N) is 1. The molecule has 1 aromatic carbocycles.